The molecule has 1 saturated heterocycles. The van der Waals surface area contributed by atoms with Crippen LogP contribution in [0.4, 0.5) is 4.39 Å². The molecule has 1 aromatic rings. The topological polar surface area (TPSA) is 12.0 Å². The summed E-state index contributed by atoms with van der Waals surface area (Å²) in [4.78, 5) is 0. The molecule has 5 heteroatoms. The molecule has 2 atom stereocenters. The molecule has 0 bridgehead atoms. The third kappa shape index (κ3) is 4.55. The first-order chi connectivity index (χ1) is 9.72. The van der Waals surface area contributed by atoms with Crippen LogP contribution >= 0.6 is 35.1 Å². The zero-order valence-corrected chi connectivity index (χ0v) is 14.1. The van der Waals surface area contributed by atoms with E-state index in [1.165, 1.54) is 23.3 Å². The van der Waals surface area contributed by atoms with Crippen LogP contribution < -0.4 is 5.32 Å². The molecule has 1 aliphatic heterocycles. The lowest BCUT2D eigenvalue weighted by molar-refractivity contribution is 0.504. The van der Waals surface area contributed by atoms with Gasteiger partial charge in [0.25, 0.3) is 0 Å². The number of rotatable bonds is 6. The van der Waals surface area contributed by atoms with Gasteiger partial charge in [0.1, 0.15) is 5.82 Å². The highest BCUT2D eigenvalue weighted by molar-refractivity contribution is 8.06. The van der Waals surface area contributed by atoms with Gasteiger partial charge in [-0.2, -0.15) is 23.5 Å². The van der Waals surface area contributed by atoms with E-state index >= 15 is 0 Å². The first-order valence-corrected chi connectivity index (χ1v) is 9.66. The van der Waals surface area contributed by atoms with E-state index in [0.29, 0.717) is 11.3 Å². The van der Waals surface area contributed by atoms with Crippen molar-refractivity contribution in [2.24, 2.45) is 0 Å². The number of hydrogen-bond acceptors (Lipinski definition) is 3. The van der Waals surface area contributed by atoms with E-state index in [2.05, 4.69) is 12.2 Å². The van der Waals surface area contributed by atoms with Crippen molar-refractivity contribution in [1.82, 2.24) is 5.32 Å². The molecule has 1 nitrogen and oxygen atoms in total. The molecule has 1 heterocycles. The molecule has 0 saturated carbocycles. The van der Waals surface area contributed by atoms with Crippen LogP contribution in [-0.2, 0) is 6.42 Å². The average Bonchev–Trinajstić information content (AvgIpc) is 2.48. The van der Waals surface area contributed by atoms with E-state index in [1.807, 2.05) is 29.6 Å². The Morgan fingerprint density at radius 2 is 2.30 bits per heavy atom. The van der Waals surface area contributed by atoms with E-state index in [0.717, 1.165) is 24.9 Å². The Bertz CT molecular complexity index is 424. The summed E-state index contributed by atoms with van der Waals surface area (Å²) in [5.41, 5.74) is 0.913. The molecular formula is C15H21ClFNS2. The normalized spacial score (nSPS) is 20.9. The summed E-state index contributed by atoms with van der Waals surface area (Å²) in [6.07, 6.45) is 1.91. The lowest BCUT2D eigenvalue weighted by atomic mass is 10.0. The summed E-state index contributed by atoms with van der Waals surface area (Å²) < 4.78 is 13.6. The van der Waals surface area contributed by atoms with Crippen LogP contribution in [0, 0.1) is 5.82 Å². The van der Waals surface area contributed by atoms with E-state index in [9.17, 15) is 4.39 Å². The second-order valence-electron chi connectivity index (χ2n) is 4.96. The molecule has 20 heavy (non-hydrogen) atoms. The summed E-state index contributed by atoms with van der Waals surface area (Å²) in [5, 5.41) is 4.48. The number of halogens is 2. The second kappa shape index (κ2) is 8.52. The van der Waals surface area contributed by atoms with Crippen LogP contribution in [0.15, 0.2) is 18.2 Å². The highest BCUT2D eigenvalue weighted by Crippen LogP contribution is 2.29. The van der Waals surface area contributed by atoms with Crippen molar-refractivity contribution in [3.05, 3.63) is 34.6 Å². The highest BCUT2D eigenvalue weighted by Gasteiger charge is 2.25. The fourth-order valence-electron chi connectivity index (χ4n) is 2.35. The monoisotopic (exact) mass is 333 g/mol. The van der Waals surface area contributed by atoms with Gasteiger partial charge < -0.3 is 5.32 Å². The van der Waals surface area contributed by atoms with E-state index in [1.54, 1.807) is 6.07 Å². The minimum atomic E-state index is -0.316. The van der Waals surface area contributed by atoms with Crippen LogP contribution in [0.5, 0.6) is 0 Å². The maximum atomic E-state index is 13.6. The van der Waals surface area contributed by atoms with E-state index in [4.69, 9.17) is 11.6 Å². The van der Waals surface area contributed by atoms with Gasteiger partial charge in [0.15, 0.2) is 0 Å². The Labute approximate surface area is 134 Å². The zero-order chi connectivity index (χ0) is 14.4. The van der Waals surface area contributed by atoms with Crippen LogP contribution in [0.25, 0.3) is 0 Å². The van der Waals surface area contributed by atoms with Gasteiger partial charge in [0, 0.05) is 28.6 Å². The van der Waals surface area contributed by atoms with Crippen molar-refractivity contribution in [2.45, 2.75) is 31.1 Å². The fourth-order valence-corrected chi connectivity index (χ4v) is 5.44. The summed E-state index contributed by atoms with van der Waals surface area (Å²) in [6.45, 7) is 3.17. The highest BCUT2D eigenvalue weighted by atomic mass is 35.5. The molecule has 2 rings (SSSR count). The smallest absolute Gasteiger partial charge is 0.142 e. The van der Waals surface area contributed by atoms with Gasteiger partial charge in [-0.25, -0.2) is 4.39 Å². The van der Waals surface area contributed by atoms with Crippen molar-refractivity contribution in [2.75, 3.05) is 23.8 Å². The molecule has 1 aliphatic rings. The molecular weight excluding hydrogens is 313 g/mol. The summed E-state index contributed by atoms with van der Waals surface area (Å²) in [7, 11) is 0. The minimum Gasteiger partial charge on any atom is -0.313 e. The summed E-state index contributed by atoms with van der Waals surface area (Å²) in [5.74, 6) is 3.29. The first-order valence-electron chi connectivity index (χ1n) is 7.08. The SMILES string of the molecule is CCCNC(Cc1cccc(F)c1Cl)C1CSCCS1. The van der Waals surface area contributed by atoms with Crippen molar-refractivity contribution in [3.63, 3.8) is 0 Å². The predicted octanol–water partition coefficient (Wildman–Crippen LogP) is 4.24. The Morgan fingerprint density at radius 3 is 3.00 bits per heavy atom. The van der Waals surface area contributed by atoms with Gasteiger partial charge >= 0.3 is 0 Å². The predicted molar refractivity (Wildman–Crippen MR) is 90.8 cm³/mol. The Morgan fingerprint density at radius 1 is 1.45 bits per heavy atom. The van der Waals surface area contributed by atoms with E-state index in [-0.39, 0.29) is 10.8 Å². The van der Waals surface area contributed by atoms with Crippen molar-refractivity contribution in [1.29, 1.82) is 0 Å². The zero-order valence-electron chi connectivity index (χ0n) is 11.7. The number of hydrogen-bond donors (Lipinski definition) is 1. The third-order valence-electron chi connectivity index (χ3n) is 3.42. The van der Waals surface area contributed by atoms with Crippen molar-refractivity contribution in [3.8, 4) is 0 Å². The average molecular weight is 334 g/mol. The third-order valence-corrected chi connectivity index (χ3v) is 6.76. The van der Waals surface area contributed by atoms with Crippen LogP contribution in [0.3, 0.4) is 0 Å². The van der Waals surface area contributed by atoms with Crippen LogP contribution in [-0.4, -0.2) is 35.1 Å². The van der Waals surface area contributed by atoms with Gasteiger partial charge in [-0.05, 0) is 31.0 Å². The van der Waals surface area contributed by atoms with Gasteiger partial charge in [-0.15, -0.1) is 0 Å². The van der Waals surface area contributed by atoms with Crippen LogP contribution in [0.1, 0.15) is 18.9 Å². The molecule has 0 aromatic heterocycles. The lowest BCUT2D eigenvalue weighted by Crippen LogP contribution is -2.43. The number of nitrogens with one attached hydrogen (secondary N) is 1. The Kier molecular flexibility index (Phi) is 7.02. The lowest BCUT2D eigenvalue weighted by Gasteiger charge is -2.30. The molecule has 0 radical (unpaired) electrons. The maximum Gasteiger partial charge on any atom is 0.142 e. The number of benzene rings is 1. The standard InChI is InChI=1S/C15H21ClFNS2/c1-2-6-18-13(14-10-19-7-8-20-14)9-11-4-3-5-12(17)15(11)16/h3-5,13-14,18H,2,6-10H2,1H3. The molecule has 1 aromatic carbocycles. The molecule has 2 unspecified atom stereocenters. The molecule has 0 aliphatic carbocycles. The summed E-state index contributed by atoms with van der Waals surface area (Å²) in [6, 6.07) is 5.47. The largest absolute Gasteiger partial charge is 0.313 e. The minimum absolute atomic E-state index is 0.282. The Hall–Kier alpha value is 0.1000. The Balaban J connectivity index is 2.07. The molecule has 0 amide bonds. The maximum absolute atomic E-state index is 13.6. The van der Waals surface area contributed by atoms with E-state index < -0.39 is 0 Å². The first kappa shape index (κ1) is 16.5. The fraction of sp³-hybridized carbons (Fsp3) is 0.600. The van der Waals surface area contributed by atoms with Gasteiger partial charge in [-0.3, -0.25) is 0 Å². The quantitative estimate of drug-likeness (QED) is 0.836. The molecule has 1 fully saturated rings. The molecule has 112 valence electrons. The molecule has 0 spiro atoms. The number of thioether (sulfide) groups is 2. The van der Waals surface area contributed by atoms with Crippen LogP contribution in [0.2, 0.25) is 5.02 Å². The van der Waals surface area contributed by atoms with Gasteiger partial charge in [0.2, 0.25) is 0 Å². The summed E-state index contributed by atoms with van der Waals surface area (Å²) >= 11 is 10.1. The van der Waals surface area contributed by atoms with Crippen molar-refractivity contribution < 1.29 is 4.39 Å². The van der Waals surface area contributed by atoms with Gasteiger partial charge in [0.05, 0.1) is 5.02 Å². The van der Waals surface area contributed by atoms with Gasteiger partial charge in [-0.1, -0.05) is 30.7 Å². The second-order valence-corrected chi connectivity index (χ2v) is 7.84. The van der Waals surface area contributed by atoms with Crippen molar-refractivity contribution >= 4 is 35.1 Å². The molecule has 1 N–H and O–H groups in total.